The molecule has 5 nitrogen and oxygen atoms in total. The minimum absolute atomic E-state index is 0.0518. The summed E-state index contributed by atoms with van der Waals surface area (Å²) in [6, 6.07) is 24.8. The molecule has 0 bridgehead atoms. The van der Waals surface area contributed by atoms with Gasteiger partial charge >= 0.3 is 0 Å². The molecule has 1 amide bonds. The number of carbonyl (C=O) groups is 1. The van der Waals surface area contributed by atoms with Crippen LogP contribution in [0.15, 0.2) is 79.0 Å². The summed E-state index contributed by atoms with van der Waals surface area (Å²) >= 11 is 0. The lowest BCUT2D eigenvalue weighted by atomic mass is 9.81. The smallest absolute Gasteiger partial charge is 0.223 e. The van der Waals surface area contributed by atoms with E-state index in [1.54, 1.807) is 0 Å². The molecule has 4 aromatic rings. The van der Waals surface area contributed by atoms with Crippen LogP contribution in [-0.4, -0.2) is 22.4 Å². The standard InChI is InChI=1S/C29H32N4O/c30-18-21-10-12-23(13-11-21)29(34)33-26(16-20-6-2-1-3-7-20)28-31-19-27(32-28)25-15-14-22-8-4-5-9-24(22)17-25/h1-9,14-15,17,19,21,23,26H,10-13,16,18,30H2,(H,31,32)(H,33,34). The quantitative estimate of drug-likeness (QED) is 0.351. The van der Waals surface area contributed by atoms with E-state index in [-0.39, 0.29) is 17.9 Å². The molecule has 0 aliphatic heterocycles. The second-order valence-corrected chi connectivity index (χ2v) is 9.44. The highest BCUT2D eigenvalue weighted by molar-refractivity contribution is 5.86. The van der Waals surface area contributed by atoms with Gasteiger partial charge in [-0.1, -0.05) is 66.7 Å². The first-order valence-corrected chi connectivity index (χ1v) is 12.3. The number of rotatable bonds is 7. The number of aromatic amines is 1. The lowest BCUT2D eigenvalue weighted by Gasteiger charge is -2.28. The fourth-order valence-electron chi connectivity index (χ4n) is 5.03. The number of aromatic nitrogens is 2. The van der Waals surface area contributed by atoms with Crippen LogP contribution in [0, 0.1) is 11.8 Å². The summed E-state index contributed by atoms with van der Waals surface area (Å²) in [6.07, 6.45) is 6.51. The molecule has 1 unspecified atom stereocenters. The minimum atomic E-state index is -0.212. The Morgan fingerprint density at radius 3 is 2.47 bits per heavy atom. The van der Waals surface area contributed by atoms with Crippen LogP contribution in [0.25, 0.3) is 22.0 Å². The zero-order chi connectivity index (χ0) is 23.3. The zero-order valence-corrected chi connectivity index (χ0v) is 19.4. The van der Waals surface area contributed by atoms with Crippen molar-refractivity contribution < 1.29 is 4.79 Å². The van der Waals surface area contributed by atoms with E-state index in [4.69, 9.17) is 10.7 Å². The number of carbonyl (C=O) groups excluding carboxylic acids is 1. The van der Waals surface area contributed by atoms with Gasteiger partial charge in [0.15, 0.2) is 0 Å². The minimum Gasteiger partial charge on any atom is -0.346 e. The SMILES string of the molecule is NCC1CCC(C(=O)NC(Cc2ccccc2)c2nc(-c3ccc4ccccc4c3)c[nH]2)CC1. The number of nitrogens with one attached hydrogen (secondary N) is 2. The third kappa shape index (κ3) is 5.05. The number of imidazole rings is 1. The van der Waals surface area contributed by atoms with Crippen LogP contribution < -0.4 is 11.1 Å². The maximum atomic E-state index is 13.2. The summed E-state index contributed by atoms with van der Waals surface area (Å²) in [5.74, 6) is 1.52. The highest BCUT2D eigenvalue weighted by Crippen LogP contribution is 2.30. The summed E-state index contributed by atoms with van der Waals surface area (Å²) in [7, 11) is 0. The van der Waals surface area contributed by atoms with E-state index < -0.39 is 0 Å². The molecule has 1 aliphatic rings. The Kier molecular flexibility index (Phi) is 6.72. The van der Waals surface area contributed by atoms with Crippen LogP contribution in [0.1, 0.15) is 43.1 Å². The fourth-order valence-corrected chi connectivity index (χ4v) is 5.03. The molecule has 174 valence electrons. The largest absolute Gasteiger partial charge is 0.346 e. The number of hydrogen-bond donors (Lipinski definition) is 3. The molecule has 0 saturated heterocycles. The van der Waals surface area contributed by atoms with Gasteiger partial charge in [-0.05, 0) is 67.0 Å². The van der Waals surface area contributed by atoms with Crippen molar-refractivity contribution in [2.75, 3.05) is 6.54 Å². The molecule has 0 spiro atoms. The molecular formula is C29H32N4O. The number of nitrogens with two attached hydrogens (primary N) is 1. The van der Waals surface area contributed by atoms with Crippen LogP contribution in [0.2, 0.25) is 0 Å². The van der Waals surface area contributed by atoms with Crippen molar-refractivity contribution in [1.82, 2.24) is 15.3 Å². The molecular weight excluding hydrogens is 420 g/mol. The summed E-state index contributed by atoms with van der Waals surface area (Å²) in [4.78, 5) is 21.5. The monoisotopic (exact) mass is 452 g/mol. The zero-order valence-electron chi connectivity index (χ0n) is 19.4. The molecule has 3 aromatic carbocycles. The van der Waals surface area contributed by atoms with E-state index in [1.165, 1.54) is 16.3 Å². The highest BCUT2D eigenvalue weighted by Gasteiger charge is 2.28. The van der Waals surface area contributed by atoms with E-state index in [9.17, 15) is 4.79 Å². The lowest BCUT2D eigenvalue weighted by molar-refractivity contribution is -0.127. The van der Waals surface area contributed by atoms with Crippen LogP contribution in [-0.2, 0) is 11.2 Å². The maximum Gasteiger partial charge on any atom is 0.223 e. The lowest BCUT2D eigenvalue weighted by Crippen LogP contribution is -2.37. The van der Waals surface area contributed by atoms with Crippen LogP contribution in [0.3, 0.4) is 0 Å². The van der Waals surface area contributed by atoms with Gasteiger partial charge in [0, 0.05) is 17.7 Å². The van der Waals surface area contributed by atoms with Gasteiger partial charge in [-0.3, -0.25) is 4.79 Å². The van der Waals surface area contributed by atoms with E-state index in [2.05, 4.69) is 58.8 Å². The molecule has 1 aromatic heterocycles. The van der Waals surface area contributed by atoms with Gasteiger partial charge < -0.3 is 16.0 Å². The van der Waals surface area contributed by atoms with Crippen molar-refractivity contribution >= 4 is 16.7 Å². The predicted octanol–water partition coefficient (Wildman–Crippen LogP) is 5.40. The Hall–Kier alpha value is -3.44. The van der Waals surface area contributed by atoms with E-state index in [0.717, 1.165) is 49.3 Å². The summed E-state index contributed by atoms with van der Waals surface area (Å²) < 4.78 is 0. The average Bonchev–Trinajstić information content (AvgIpc) is 3.39. The third-order valence-electron chi connectivity index (χ3n) is 7.12. The van der Waals surface area contributed by atoms with Crippen molar-refractivity contribution in [2.45, 2.75) is 38.1 Å². The number of nitrogens with zero attached hydrogens (tertiary/aromatic N) is 1. The number of H-pyrrole nitrogens is 1. The molecule has 5 rings (SSSR count). The molecule has 1 saturated carbocycles. The Balaban J connectivity index is 1.37. The molecule has 1 heterocycles. The van der Waals surface area contributed by atoms with Crippen molar-refractivity contribution in [3.05, 3.63) is 90.4 Å². The first-order valence-electron chi connectivity index (χ1n) is 12.3. The van der Waals surface area contributed by atoms with Crippen molar-refractivity contribution in [1.29, 1.82) is 0 Å². The van der Waals surface area contributed by atoms with Gasteiger partial charge in [-0.25, -0.2) is 4.98 Å². The van der Waals surface area contributed by atoms with Gasteiger partial charge in [0.1, 0.15) is 5.82 Å². The van der Waals surface area contributed by atoms with Gasteiger partial charge in [-0.15, -0.1) is 0 Å². The normalized spacial score (nSPS) is 19.1. The topological polar surface area (TPSA) is 83.8 Å². The highest BCUT2D eigenvalue weighted by atomic mass is 16.1. The van der Waals surface area contributed by atoms with Crippen molar-refractivity contribution in [3.63, 3.8) is 0 Å². The first kappa shape index (κ1) is 22.4. The fraction of sp³-hybridized carbons (Fsp3) is 0.310. The van der Waals surface area contributed by atoms with Gasteiger partial charge in [-0.2, -0.15) is 0 Å². The number of hydrogen-bond acceptors (Lipinski definition) is 3. The van der Waals surface area contributed by atoms with Crippen LogP contribution >= 0.6 is 0 Å². The van der Waals surface area contributed by atoms with Crippen LogP contribution in [0.5, 0.6) is 0 Å². The van der Waals surface area contributed by atoms with E-state index in [1.807, 2.05) is 30.5 Å². The molecule has 0 radical (unpaired) electrons. The second-order valence-electron chi connectivity index (χ2n) is 9.44. The Morgan fingerprint density at radius 2 is 1.71 bits per heavy atom. The van der Waals surface area contributed by atoms with Crippen LogP contribution in [0.4, 0.5) is 0 Å². The maximum absolute atomic E-state index is 13.2. The second kappa shape index (κ2) is 10.2. The number of benzene rings is 3. The number of amides is 1. The summed E-state index contributed by atoms with van der Waals surface area (Å²) in [5, 5.41) is 5.71. The first-order chi connectivity index (χ1) is 16.7. The van der Waals surface area contributed by atoms with Crippen molar-refractivity contribution in [3.8, 4) is 11.3 Å². The molecule has 1 atom stereocenters. The van der Waals surface area contributed by atoms with E-state index >= 15 is 0 Å². The average molecular weight is 453 g/mol. The van der Waals surface area contributed by atoms with Gasteiger partial charge in [0.25, 0.3) is 0 Å². The molecule has 1 aliphatic carbocycles. The van der Waals surface area contributed by atoms with Gasteiger partial charge in [0.2, 0.25) is 5.91 Å². The molecule has 34 heavy (non-hydrogen) atoms. The Morgan fingerprint density at radius 1 is 0.971 bits per heavy atom. The summed E-state index contributed by atoms with van der Waals surface area (Å²) in [6.45, 7) is 0.717. The third-order valence-corrected chi connectivity index (χ3v) is 7.12. The number of fused-ring (bicyclic) bond motifs is 1. The van der Waals surface area contributed by atoms with Gasteiger partial charge in [0.05, 0.1) is 11.7 Å². The Labute approximate surface area is 200 Å². The summed E-state index contributed by atoms with van der Waals surface area (Å²) in [5.41, 5.74) is 8.95. The van der Waals surface area contributed by atoms with E-state index in [0.29, 0.717) is 12.3 Å². The molecule has 4 N–H and O–H groups in total. The van der Waals surface area contributed by atoms with Crippen molar-refractivity contribution in [2.24, 2.45) is 17.6 Å². The Bertz CT molecular complexity index is 1240. The molecule has 5 heteroatoms. The predicted molar refractivity (Wildman–Crippen MR) is 137 cm³/mol. The molecule has 1 fully saturated rings.